The Labute approximate surface area is 171 Å². The minimum absolute atomic E-state index is 0.155. The number of amides is 1. The summed E-state index contributed by atoms with van der Waals surface area (Å²) in [5.74, 6) is 2.01. The molecule has 2 N–H and O–H groups in total. The van der Waals surface area contributed by atoms with Gasteiger partial charge >= 0.3 is 0 Å². The highest BCUT2D eigenvalue weighted by molar-refractivity contribution is 5.80. The van der Waals surface area contributed by atoms with E-state index in [-0.39, 0.29) is 5.91 Å². The second-order valence-corrected chi connectivity index (χ2v) is 7.64. The van der Waals surface area contributed by atoms with Gasteiger partial charge in [-0.15, -0.1) is 10.2 Å². The molecule has 156 valence electrons. The molecule has 1 saturated heterocycles. The van der Waals surface area contributed by atoms with Crippen LogP contribution in [-0.4, -0.2) is 88.1 Å². The summed E-state index contributed by atoms with van der Waals surface area (Å²) in [6.45, 7) is 7.55. The van der Waals surface area contributed by atoms with E-state index in [0.717, 1.165) is 69.4 Å². The molecule has 0 aromatic carbocycles. The van der Waals surface area contributed by atoms with Crippen LogP contribution < -0.4 is 10.6 Å². The quantitative estimate of drug-likeness (QED) is 0.509. The molecule has 9 heteroatoms. The van der Waals surface area contributed by atoms with Crippen LogP contribution in [0.15, 0.2) is 29.4 Å². The molecule has 1 aliphatic carbocycles. The van der Waals surface area contributed by atoms with Crippen LogP contribution >= 0.6 is 0 Å². The van der Waals surface area contributed by atoms with Crippen molar-refractivity contribution >= 4 is 17.5 Å². The molecule has 0 spiro atoms. The molecule has 0 radical (unpaired) electrons. The molecule has 1 saturated carbocycles. The molecule has 4 rings (SSSR count). The molecule has 29 heavy (non-hydrogen) atoms. The predicted molar refractivity (Wildman–Crippen MR) is 112 cm³/mol. The summed E-state index contributed by atoms with van der Waals surface area (Å²) in [6.07, 6.45) is 4.98. The second kappa shape index (κ2) is 9.21. The number of pyridine rings is 1. The maximum Gasteiger partial charge on any atom is 0.234 e. The fourth-order valence-electron chi connectivity index (χ4n) is 3.57. The van der Waals surface area contributed by atoms with Crippen molar-refractivity contribution in [3.8, 4) is 0 Å². The minimum atomic E-state index is 0.155. The number of rotatable bonds is 7. The van der Waals surface area contributed by atoms with Crippen LogP contribution in [0, 0.1) is 0 Å². The minimum Gasteiger partial charge on any atom is -0.357 e. The van der Waals surface area contributed by atoms with Crippen LogP contribution in [0.25, 0.3) is 5.65 Å². The van der Waals surface area contributed by atoms with Gasteiger partial charge in [0.1, 0.15) is 5.82 Å². The zero-order valence-electron chi connectivity index (χ0n) is 17.0. The van der Waals surface area contributed by atoms with Gasteiger partial charge in [-0.25, -0.2) is 0 Å². The Bertz CT molecular complexity index is 851. The summed E-state index contributed by atoms with van der Waals surface area (Å²) in [5, 5.41) is 14.9. The van der Waals surface area contributed by atoms with Crippen molar-refractivity contribution in [2.45, 2.75) is 32.2 Å². The molecule has 3 heterocycles. The molecule has 2 aromatic heterocycles. The first kappa shape index (κ1) is 19.6. The fourth-order valence-corrected chi connectivity index (χ4v) is 3.57. The lowest BCUT2D eigenvalue weighted by Gasteiger charge is -2.36. The topological polar surface area (TPSA) is 90.2 Å². The van der Waals surface area contributed by atoms with E-state index in [1.807, 2.05) is 28.8 Å². The third-order valence-corrected chi connectivity index (χ3v) is 5.30. The van der Waals surface area contributed by atoms with Crippen LogP contribution in [0.1, 0.15) is 25.6 Å². The Morgan fingerprint density at radius 1 is 1.21 bits per heavy atom. The number of fused-ring (bicyclic) bond motifs is 1. The zero-order valence-corrected chi connectivity index (χ0v) is 17.0. The van der Waals surface area contributed by atoms with E-state index >= 15 is 0 Å². The highest BCUT2D eigenvalue weighted by Gasteiger charge is 2.25. The maximum atomic E-state index is 12.0. The van der Waals surface area contributed by atoms with Crippen molar-refractivity contribution in [1.82, 2.24) is 35.0 Å². The van der Waals surface area contributed by atoms with Gasteiger partial charge in [-0.2, -0.15) is 0 Å². The van der Waals surface area contributed by atoms with Gasteiger partial charge in [-0.3, -0.25) is 19.1 Å². The van der Waals surface area contributed by atoms with Gasteiger partial charge < -0.3 is 15.5 Å². The van der Waals surface area contributed by atoms with Gasteiger partial charge in [0, 0.05) is 57.9 Å². The number of aromatic nitrogens is 3. The largest absolute Gasteiger partial charge is 0.357 e. The van der Waals surface area contributed by atoms with E-state index in [0.29, 0.717) is 19.1 Å². The number of aliphatic imine (C=N–C) groups is 1. The van der Waals surface area contributed by atoms with E-state index in [9.17, 15) is 4.79 Å². The summed E-state index contributed by atoms with van der Waals surface area (Å²) in [6, 6.07) is 6.33. The van der Waals surface area contributed by atoms with Crippen molar-refractivity contribution in [3.63, 3.8) is 0 Å². The highest BCUT2D eigenvalue weighted by Crippen LogP contribution is 2.18. The molecular weight excluding hydrogens is 368 g/mol. The molecule has 9 nitrogen and oxygen atoms in total. The second-order valence-electron chi connectivity index (χ2n) is 7.64. The molecular formula is C20H30N8O. The van der Waals surface area contributed by atoms with Crippen molar-refractivity contribution in [1.29, 1.82) is 0 Å². The van der Waals surface area contributed by atoms with Crippen LogP contribution in [0.3, 0.4) is 0 Å². The normalized spacial score (nSPS) is 18.2. The van der Waals surface area contributed by atoms with Gasteiger partial charge in [0.25, 0.3) is 0 Å². The number of hydrogen-bond donors (Lipinski definition) is 2. The monoisotopic (exact) mass is 398 g/mol. The molecule has 2 aliphatic rings. The number of nitrogens with one attached hydrogen (secondary N) is 2. The van der Waals surface area contributed by atoms with Gasteiger partial charge in [0.2, 0.25) is 5.91 Å². The Kier molecular flexibility index (Phi) is 6.24. The van der Waals surface area contributed by atoms with E-state index in [4.69, 9.17) is 4.99 Å². The molecule has 2 aromatic rings. The molecule has 0 bridgehead atoms. The summed E-state index contributed by atoms with van der Waals surface area (Å²) in [7, 11) is 0. The SMILES string of the molecule is CCNC(=NCCc1nnc2ccccn12)N1CCN(CC(=O)NC2CC2)CC1. The van der Waals surface area contributed by atoms with Crippen molar-refractivity contribution in [2.75, 3.05) is 45.8 Å². The third kappa shape index (κ3) is 5.23. The van der Waals surface area contributed by atoms with E-state index in [1.165, 1.54) is 0 Å². The molecule has 1 amide bonds. The van der Waals surface area contributed by atoms with Gasteiger partial charge in [-0.1, -0.05) is 6.07 Å². The van der Waals surface area contributed by atoms with Crippen molar-refractivity contribution in [2.24, 2.45) is 4.99 Å². The third-order valence-electron chi connectivity index (χ3n) is 5.30. The standard InChI is InChI=1S/C20H30N8O/c1-2-21-20(22-9-8-18-25-24-17-5-3-4-10-28(17)18)27-13-11-26(12-14-27)15-19(29)23-16-6-7-16/h3-5,10,16H,2,6-9,11-15H2,1H3,(H,21,22)(H,23,29). The van der Waals surface area contributed by atoms with Gasteiger partial charge in [0.15, 0.2) is 11.6 Å². The maximum absolute atomic E-state index is 12.0. The van der Waals surface area contributed by atoms with Crippen molar-refractivity contribution in [3.05, 3.63) is 30.2 Å². The first-order valence-electron chi connectivity index (χ1n) is 10.6. The van der Waals surface area contributed by atoms with Crippen LogP contribution in [-0.2, 0) is 11.2 Å². The first-order chi connectivity index (χ1) is 14.2. The predicted octanol–water partition coefficient (Wildman–Crippen LogP) is 0.134. The fraction of sp³-hybridized carbons (Fsp3) is 0.600. The lowest BCUT2D eigenvalue weighted by atomic mass is 10.3. The average molecular weight is 399 g/mol. The molecule has 2 fully saturated rings. The molecule has 0 unspecified atom stereocenters. The van der Waals surface area contributed by atoms with Gasteiger partial charge in [-0.05, 0) is 31.9 Å². The van der Waals surface area contributed by atoms with Crippen LogP contribution in [0.2, 0.25) is 0 Å². The number of carbonyl (C=O) groups excluding carboxylic acids is 1. The molecule has 0 atom stereocenters. The Morgan fingerprint density at radius 3 is 2.79 bits per heavy atom. The Balaban J connectivity index is 1.28. The number of piperazine rings is 1. The highest BCUT2D eigenvalue weighted by atomic mass is 16.2. The lowest BCUT2D eigenvalue weighted by molar-refractivity contribution is -0.122. The summed E-state index contributed by atoms with van der Waals surface area (Å²) >= 11 is 0. The number of carbonyl (C=O) groups is 1. The zero-order chi connectivity index (χ0) is 20.1. The molecule has 1 aliphatic heterocycles. The summed E-state index contributed by atoms with van der Waals surface area (Å²) in [4.78, 5) is 21.3. The first-order valence-corrected chi connectivity index (χ1v) is 10.6. The lowest BCUT2D eigenvalue weighted by Crippen LogP contribution is -2.54. The number of hydrogen-bond acceptors (Lipinski definition) is 5. The number of nitrogens with zero attached hydrogens (tertiary/aromatic N) is 6. The van der Waals surface area contributed by atoms with Crippen LogP contribution in [0.4, 0.5) is 0 Å². The van der Waals surface area contributed by atoms with E-state index < -0.39 is 0 Å². The average Bonchev–Trinajstić information content (AvgIpc) is 3.45. The van der Waals surface area contributed by atoms with E-state index in [1.54, 1.807) is 0 Å². The smallest absolute Gasteiger partial charge is 0.234 e. The Hall–Kier alpha value is -2.68. The van der Waals surface area contributed by atoms with Crippen molar-refractivity contribution < 1.29 is 4.79 Å². The Morgan fingerprint density at radius 2 is 2.03 bits per heavy atom. The summed E-state index contributed by atoms with van der Waals surface area (Å²) < 4.78 is 2.01. The summed E-state index contributed by atoms with van der Waals surface area (Å²) in [5.41, 5.74) is 0.861. The van der Waals surface area contributed by atoms with Crippen LogP contribution in [0.5, 0.6) is 0 Å². The number of guanidine groups is 1. The van der Waals surface area contributed by atoms with Gasteiger partial charge in [0.05, 0.1) is 6.54 Å². The van der Waals surface area contributed by atoms with E-state index in [2.05, 4.69) is 37.6 Å².